The number of hydrogen-bond acceptors (Lipinski definition) is 4. The fraction of sp³-hybridized carbons (Fsp3) is 0.588. The molecule has 25 heavy (non-hydrogen) atoms. The van der Waals surface area contributed by atoms with Crippen LogP contribution in [0.1, 0.15) is 37.6 Å². The van der Waals surface area contributed by atoms with Crippen LogP contribution in [0.3, 0.4) is 0 Å². The Morgan fingerprint density at radius 3 is 2.68 bits per heavy atom. The summed E-state index contributed by atoms with van der Waals surface area (Å²) in [6.07, 6.45) is 4.44. The van der Waals surface area contributed by atoms with E-state index >= 15 is 0 Å². The molecule has 2 aromatic rings. The lowest BCUT2D eigenvalue weighted by molar-refractivity contribution is 0.0743. The van der Waals surface area contributed by atoms with Crippen LogP contribution >= 0.6 is 24.8 Å². The lowest BCUT2D eigenvalue weighted by atomic mass is 10.1. The summed E-state index contributed by atoms with van der Waals surface area (Å²) in [5.74, 6) is 0.943. The van der Waals surface area contributed by atoms with Crippen molar-refractivity contribution < 1.29 is 4.79 Å². The second-order valence-corrected chi connectivity index (χ2v) is 7.00. The molecule has 1 saturated heterocycles. The maximum Gasteiger partial charge on any atom is 0.255 e. The van der Waals surface area contributed by atoms with Crippen molar-refractivity contribution in [1.82, 2.24) is 19.7 Å². The minimum Gasteiger partial charge on any atom is -0.336 e. The fourth-order valence-electron chi connectivity index (χ4n) is 3.33. The minimum absolute atomic E-state index is 0. The van der Waals surface area contributed by atoms with Crippen molar-refractivity contribution in [3.8, 4) is 0 Å². The standard InChI is InChI=1S/C17H25N5O.2ClH/c1-11(2)9-22-16-14(8-20-22)5-15(7-19-16)17(23)21-10-13(6-18)4-12(21)3;;/h5,7-8,11-13H,4,6,9-10,18H2,1-3H3;2*1H. The van der Waals surface area contributed by atoms with Crippen LogP contribution < -0.4 is 5.73 Å². The second kappa shape index (κ2) is 8.83. The third-order valence-corrected chi connectivity index (χ3v) is 4.52. The van der Waals surface area contributed by atoms with Gasteiger partial charge in [0.05, 0.1) is 11.8 Å². The first kappa shape index (κ1) is 21.7. The summed E-state index contributed by atoms with van der Waals surface area (Å²) in [6, 6.07) is 2.13. The number of pyridine rings is 1. The van der Waals surface area contributed by atoms with Crippen molar-refractivity contribution in [3.63, 3.8) is 0 Å². The van der Waals surface area contributed by atoms with Crippen LogP contribution in [0.25, 0.3) is 11.0 Å². The van der Waals surface area contributed by atoms with E-state index in [-0.39, 0.29) is 36.8 Å². The number of carbonyl (C=O) groups is 1. The van der Waals surface area contributed by atoms with Crippen LogP contribution in [0.5, 0.6) is 0 Å². The van der Waals surface area contributed by atoms with Gasteiger partial charge in [-0.15, -0.1) is 24.8 Å². The van der Waals surface area contributed by atoms with E-state index in [1.165, 1.54) is 0 Å². The first-order valence-electron chi connectivity index (χ1n) is 8.32. The summed E-state index contributed by atoms with van der Waals surface area (Å²) in [4.78, 5) is 19.2. The molecule has 2 unspecified atom stereocenters. The largest absolute Gasteiger partial charge is 0.336 e. The topological polar surface area (TPSA) is 77.0 Å². The lowest BCUT2D eigenvalue weighted by Crippen LogP contribution is -2.34. The molecule has 2 aromatic heterocycles. The van der Waals surface area contributed by atoms with Gasteiger partial charge in [0.2, 0.25) is 0 Å². The summed E-state index contributed by atoms with van der Waals surface area (Å²) >= 11 is 0. The summed E-state index contributed by atoms with van der Waals surface area (Å²) in [5.41, 5.74) is 7.22. The maximum absolute atomic E-state index is 12.8. The summed E-state index contributed by atoms with van der Waals surface area (Å²) in [5, 5.41) is 5.30. The number of nitrogens with two attached hydrogens (primary N) is 1. The molecule has 1 aliphatic rings. The number of nitrogens with zero attached hydrogens (tertiary/aromatic N) is 4. The van der Waals surface area contributed by atoms with Crippen molar-refractivity contribution in [2.45, 2.75) is 39.8 Å². The smallest absolute Gasteiger partial charge is 0.255 e. The van der Waals surface area contributed by atoms with Crippen LogP contribution in [0.2, 0.25) is 0 Å². The normalized spacial score (nSPS) is 19.8. The summed E-state index contributed by atoms with van der Waals surface area (Å²) in [6.45, 7) is 8.57. The third kappa shape index (κ3) is 4.43. The Kier molecular flexibility index (Phi) is 7.65. The molecular weight excluding hydrogens is 361 g/mol. The fourth-order valence-corrected chi connectivity index (χ4v) is 3.33. The van der Waals surface area contributed by atoms with Gasteiger partial charge in [0.15, 0.2) is 5.65 Å². The van der Waals surface area contributed by atoms with Gasteiger partial charge in [-0.25, -0.2) is 9.67 Å². The number of likely N-dealkylation sites (tertiary alicyclic amines) is 1. The molecule has 6 nitrogen and oxygen atoms in total. The highest BCUT2D eigenvalue weighted by atomic mass is 35.5. The number of carbonyl (C=O) groups excluding carboxylic acids is 1. The first-order chi connectivity index (χ1) is 11.0. The SMILES string of the molecule is CC(C)Cn1ncc2cc(C(=O)N3CC(CN)CC3C)cnc21.Cl.Cl. The van der Waals surface area contributed by atoms with Gasteiger partial charge in [-0.05, 0) is 37.8 Å². The van der Waals surface area contributed by atoms with Crippen molar-refractivity contribution in [2.24, 2.45) is 17.6 Å². The number of aromatic nitrogens is 3. The Labute approximate surface area is 161 Å². The van der Waals surface area contributed by atoms with E-state index in [0.717, 1.165) is 30.5 Å². The molecule has 0 spiro atoms. The van der Waals surface area contributed by atoms with E-state index in [1.807, 2.05) is 15.6 Å². The molecule has 1 fully saturated rings. The molecular formula is C17H27Cl2N5O. The molecule has 2 atom stereocenters. The van der Waals surface area contributed by atoms with E-state index in [1.54, 1.807) is 12.4 Å². The van der Waals surface area contributed by atoms with Gasteiger partial charge < -0.3 is 10.6 Å². The Morgan fingerprint density at radius 1 is 1.36 bits per heavy atom. The molecule has 0 saturated carbocycles. The van der Waals surface area contributed by atoms with Crippen molar-refractivity contribution in [2.75, 3.05) is 13.1 Å². The van der Waals surface area contributed by atoms with Crippen LogP contribution in [0.15, 0.2) is 18.5 Å². The van der Waals surface area contributed by atoms with Gasteiger partial charge in [-0.2, -0.15) is 5.10 Å². The predicted octanol–water partition coefficient (Wildman–Crippen LogP) is 2.74. The molecule has 3 heterocycles. The van der Waals surface area contributed by atoms with Gasteiger partial charge in [0, 0.05) is 30.7 Å². The van der Waals surface area contributed by atoms with E-state index in [9.17, 15) is 4.79 Å². The molecule has 8 heteroatoms. The van der Waals surface area contributed by atoms with E-state index in [4.69, 9.17) is 5.73 Å². The molecule has 1 aliphatic heterocycles. The molecule has 140 valence electrons. The average molecular weight is 388 g/mol. The van der Waals surface area contributed by atoms with Crippen LogP contribution in [0.4, 0.5) is 0 Å². The lowest BCUT2D eigenvalue weighted by Gasteiger charge is -2.21. The summed E-state index contributed by atoms with van der Waals surface area (Å²) in [7, 11) is 0. The molecule has 2 N–H and O–H groups in total. The number of hydrogen-bond donors (Lipinski definition) is 1. The van der Waals surface area contributed by atoms with E-state index in [2.05, 4.69) is 30.9 Å². The van der Waals surface area contributed by atoms with Gasteiger partial charge in [0.1, 0.15) is 0 Å². The average Bonchev–Trinajstić information content (AvgIpc) is 3.09. The van der Waals surface area contributed by atoms with Gasteiger partial charge in [-0.1, -0.05) is 13.8 Å². The van der Waals surface area contributed by atoms with Crippen molar-refractivity contribution in [1.29, 1.82) is 0 Å². The molecule has 0 bridgehead atoms. The quantitative estimate of drug-likeness (QED) is 0.874. The Hall–Kier alpha value is -1.37. The minimum atomic E-state index is 0. The molecule has 3 rings (SSSR count). The zero-order valence-electron chi connectivity index (χ0n) is 14.9. The molecule has 0 aromatic carbocycles. The monoisotopic (exact) mass is 387 g/mol. The van der Waals surface area contributed by atoms with Gasteiger partial charge >= 0.3 is 0 Å². The van der Waals surface area contributed by atoms with Gasteiger partial charge in [0.25, 0.3) is 5.91 Å². The van der Waals surface area contributed by atoms with E-state index in [0.29, 0.717) is 23.9 Å². The molecule has 0 aliphatic carbocycles. The maximum atomic E-state index is 12.8. The Morgan fingerprint density at radius 2 is 2.08 bits per heavy atom. The van der Waals surface area contributed by atoms with Crippen molar-refractivity contribution >= 4 is 41.8 Å². The number of rotatable bonds is 4. The second-order valence-electron chi connectivity index (χ2n) is 7.00. The zero-order valence-corrected chi connectivity index (χ0v) is 16.5. The van der Waals surface area contributed by atoms with Crippen molar-refractivity contribution in [3.05, 3.63) is 24.0 Å². The highest BCUT2D eigenvalue weighted by Crippen LogP contribution is 2.25. The molecule has 1 amide bonds. The van der Waals surface area contributed by atoms with E-state index < -0.39 is 0 Å². The highest BCUT2D eigenvalue weighted by molar-refractivity contribution is 5.97. The number of amides is 1. The highest BCUT2D eigenvalue weighted by Gasteiger charge is 2.32. The first-order valence-corrected chi connectivity index (χ1v) is 8.32. The third-order valence-electron chi connectivity index (χ3n) is 4.52. The number of halogens is 2. The predicted molar refractivity (Wildman–Crippen MR) is 105 cm³/mol. The summed E-state index contributed by atoms with van der Waals surface area (Å²) < 4.78 is 1.90. The molecule has 0 radical (unpaired) electrons. The number of fused-ring (bicyclic) bond motifs is 1. The Balaban J connectivity index is 0.00000156. The van der Waals surface area contributed by atoms with Gasteiger partial charge in [-0.3, -0.25) is 4.79 Å². The van der Waals surface area contributed by atoms with Crippen LogP contribution in [-0.2, 0) is 6.54 Å². The Bertz CT molecular complexity index is 718. The van der Waals surface area contributed by atoms with Crippen LogP contribution in [-0.4, -0.2) is 44.7 Å². The van der Waals surface area contributed by atoms with Crippen LogP contribution in [0, 0.1) is 11.8 Å². The zero-order chi connectivity index (χ0) is 16.6.